The largest absolute Gasteiger partial charge is 0.459 e. The third-order valence-corrected chi connectivity index (χ3v) is 4.61. The number of furan rings is 1. The fourth-order valence-corrected chi connectivity index (χ4v) is 3.42. The number of fused-ring (bicyclic) bond motifs is 1. The van der Waals surface area contributed by atoms with Gasteiger partial charge in [0.05, 0.1) is 5.02 Å². The third-order valence-electron chi connectivity index (χ3n) is 4.31. The van der Waals surface area contributed by atoms with Crippen molar-refractivity contribution in [2.45, 2.75) is 31.7 Å². The van der Waals surface area contributed by atoms with Gasteiger partial charge in [-0.2, -0.15) is 0 Å². The molecule has 3 atom stereocenters. The second-order valence-corrected chi connectivity index (χ2v) is 5.65. The van der Waals surface area contributed by atoms with E-state index >= 15 is 0 Å². The molecule has 1 aliphatic carbocycles. The first-order valence-corrected chi connectivity index (χ1v) is 6.93. The molecule has 3 rings (SSSR count). The molecule has 0 saturated heterocycles. The smallest absolute Gasteiger partial charge is 0.152 e. The maximum atomic E-state index is 6.16. The predicted molar refractivity (Wildman–Crippen MR) is 75.2 cm³/mol. The van der Waals surface area contributed by atoms with Crippen LogP contribution in [-0.2, 0) is 0 Å². The zero-order chi connectivity index (χ0) is 12.7. The van der Waals surface area contributed by atoms with Crippen LogP contribution in [0.4, 0.5) is 0 Å². The molecule has 1 aromatic heterocycles. The molecule has 1 saturated carbocycles. The Balaban J connectivity index is 1.98. The van der Waals surface area contributed by atoms with Crippen molar-refractivity contribution in [3.05, 3.63) is 35.0 Å². The van der Waals surface area contributed by atoms with Gasteiger partial charge in [-0.05, 0) is 37.9 Å². The van der Waals surface area contributed by atoms with Crippen LogP contribution in [0.5, 0.6) is 0 Å². The van der Waals surface area contributed by atoms with Gasteiger partial charge in [-0.3, -0.25) is 0 Å². The molecule has 1 heterocycles. The molecule has 0 spiro atoms. The summed E-state index contributed by atoms with van der Waals surface area (Å²) in [7, 11) is 2.04. The lowest BCUT2D eigenvalue weighted by atomic mass is 9.93. The molecule has 0 radical (unpaired) electrons. The van der Waals surface area contributed by atoms with Crippen molar-refractivity contribution < 1.29 is 4.42 Å². The van der Waals surface area contributed by atoms with Gasteiger partial charge in [0.1, 0.15) is 5.76 Å². The summed E-state index contributed by atoms with van der Waals surface area (Å²) in [4.78, 5) is 0. The van der Waals surface area contributed by atoms with Crippen molar-refractivity contribution in [1.82, 2.24) is 5.32 Å². The van der Waals surface area contributed by atoms with E-state index in [-0.39, 0.29) is 0 Å². The number of hydrogen-bond donors (Lipinski definition) is 1. The molecule has 0 aliphatic heterocycles. The molecule has 1 N–H and O–H groups in total. The normalized spacial score (nSPS) is 28.1. The molecule has 96 valence electrons. The summed E-state index contributed by atoms with van der Waals surface area (Å²) in [5, 5.41) is 5.20. The van der Waals surface area contributed by atoms with Crippen LogP contribution in [0.2, 0.25) is 5.02 Å². The standard InChI is InChI=1S/C15H18ClNO/c1-9-11(6-7-13(9)17-2)14-8-10-4-3-5-12(16)15(10)18-14/h3-5,8-9,11,13,17H,6-7H2,1-2H3. The Morgan fingerprint density at radius 1 is 1.33 bits per heavy atom. The van der Waals surface area contributed by atoms with Gasteiger partial charge in [-0.1, -0.05) is 30.7 Å². The van der Waals surface area contributed by atoms with E-state index in [1.165, 1.54) is 12.8 Å². The van der Waals surface area contributed by atoms with Crippen LogP contribution >= 0.6 is 11.6 Å². The highest BCUT2D eigenvalue weighted by atomic mass is 35.5. The Morgan fingerprint density at radius 3 is 2.83 bits per heavy atom. The van der Waals surface area contributed by atoms with Crippen molar-refractivity contribution in [3.8, 4) is 0 Å². The van der Waals surface area contributed by atoms with Gasteiger partial charge in [0, 0.05) is 17.3 Å². The average Bonchev–Trinajstić information content (AvgIpc) is 2.93. The first-order chi connectivity index (χ1) is 8.70. The number of benzene rings is 1. The van der Waals surface area contributed by atoms with Gasteiger partial charge in [0.25, 0.3) is 0 Å². The molecule has 3 unspecified atom stereocenters. The van der Waals surface area contributed by atoms with Crippen molar-refractivity contribution in [2.75, 3.05) is 7.05 Å². The van der Waals surface area contributed by atoms with Crippen LogP contribution < -0.4 is 5.32 Å². The molecular weight excluding hydrogens is 246 g/mol. The van der Waals surface area contributed by atoms with E-state index in [1.807, 2.05) is 19.2 Å². The molecule has 0 bridgehead atoms. The third kappa shape index (κ3) is 1.84. The van der Waals surface area contributed by atoms with E-state index < -0.39 is 0 Å². The van der Waals surface area contributed by atoms with Gasteiger partial charge in [0.2, 0.25) is 0 Å². The van der Waals surface area contributed by atoms with Gasteiger partial charge in [-0.25, -0.2) is 0 Å². The average molecular weight is 264 g/mol. The van der Waals surface area contributed by atoms with Crippen LogP contribution in [0.25, 0.3) is 11.0 Å². The summed E-state index contributed by atoms with van der Waals surface area (Å²) in [5.41, 5.74) is 0.828. The van der Waals surface area contributed by atoms with Crippen molar-refractivity contribution >= 4 is 22.6 Å². The lowest BCUT2D eigenvalue weighted by molar-refractivity contribution is 0.387. The number of rotatable bonds is 2. The quantitative estimate of drug-likeness (QED) is 0.879. The van der Waals surface area contributed by atoms with Crippen LogP contribution in [0.15, 0.2) is 28.7 Å². The highest BCUT2D eigenvalue weighted by Crippen LogP contribution is 2.42. The zero-order valence-electron chi connectivity index (χ0n) is 10.7. The predicted octanol–water partition coefficient (Wildman–Crippen LogP) is 4.19. The Kier molecular flexibility index (Phi) is 3.08. The summed E-state index contributed by atoms with van der Waals surface area (Å²) in [6.07, 6.45) is 2.40. The summed E-state index contributed by atoms with van der Waals surface area (Å²) in [6, 6.07) is 8.66. The molecule has 1 fully saturated rings. The van der Waals surface area contributed by atoms with Gasteiger partial charge in [-0.15, -0.1) is 0 Å². The topological polar surface area (TPSA) is 25.2 Å². The minimum atomic E-state index is 0.505. The Bertz CT molecular complexity index is 563. The Hall–Kier alpha value is -0.990. The van der Waals surface area contributed by atoms with Crippen molar-refractivity contribution in [3.63, 3.8) is 0 Å². The lowest BCUT2D eigenvalue weighted by Crippen LogP contribution is -2.28. The van der Waals surface area contributed by atoms with Crippen LogP contribution in [0.3, 0.4) is 0 Å². The zero-order valence-corrected chi connectivity index (χ0v) is 11.5. The van der Waals surface area contributed by atoms with E-state index in [0.29, 0.717) is 22.9 Å². The number of nitrogens with one attached hydrogen (secondary N) is 1. The maximum absolute atomic E-state index is 6.16. The number of halogens is 1. The summed E-state index contributed by atoms with van der Waals surface area (Å²) >= 11 is 6.16. The van der Waals surface area contributed by atoms with E-state index in [1.54, 1.807) is 0 Å². The maximum Gasteiger partial charge on any atom is 0.152 e. The highest BCUT2D eigenvalue weighted by molar-refractivity contribution is 6.34. The number of hydrogen-bond acceptors (Lipinski definition) is 2. The first-order valence-electron chi connectivity index (χ1n) is 6.56. The number of para-hydroxylation sites is 1. The molecule has 18 heavy (non-hydrogen) atoms. The SMILES string of the molecule is CNC1CCC(c2cc3cccc(Cl)c3o2)C1C. The molecular formula is C15H18ClNO. The first kappa shape index (κ1) is 12.1. The van der Waals surface area contributed by atoms with Crippen LogP contribution in [0.1, 0.15) is 31.4 Å². The molecule has 2 nitrogen and oxygen atoms in total. The van der Waals surface area contributed by atoms with Gasteiger partial charge >= 0.3 is 0 Å². The van der Waals surface area contributed by atoms with E-state index in [4.69, 9.17) is 16.0 Å². The van der Waals surface area contributed by atoms with Gasteiger partial charge < -0.3 is 9.73 Å². The monoisotopic (exact) mass is 263 g/mol. The Labute approximate surface area is 112 Å². The van der Waals surface area contributed by atoms with E-state index in [9.17, 15) is 0 Å². The minimum Gasteiger partial charge on any atom is -0.459 e. The second-order valence-electron chi connectivity index (χ2n) is 5.25. The van der Waals surface area contributed by atoms with Gasteiger partial charge in [0.15, 0.2) is 5.58 Å². The van der Waals surface area contributed by atoms with E-state index in [2.05, 4.69) is 24.4 Å². The Morgan fingerprint density at radius 2 is 2.17 bits per heavy atom. The molecule has 2 aromatic rings. The highest BCUT2D eigenvalue weighted by Gasteiger charge is 2.34. The van der Waals surface area contributed by atoms with E-state index in [0.717, 1.165) is 16.7 Å². The van der Waals surface area contributed by atoms with Crippen molar-refractivity contribution in [1.29, 1.82) is 0 Å². The summed E-state index contributed by atoms with van der Waals surface area (Å²) in [6.45, 7) is 2.30. The van der Waals surface area contributed by atoms with Crippen LogP contribution in [0, 0.1) is 5.92 Å². The second kappa shape index (κ2) is 4.60. The molecule has 3 heteroatoms. The van der Waals surface area contributed by atoms with Crippen molar-refractivity contribution in [2.24, 2.45) is 5.92 Å². The summed E-state index contributed by atoms with van der Waals surface area (Å²) in [5.74, 6) is 2.20. The van der Waals surface area contributed by atoms with Crippen LogP contribution in [-0.4, -0.2) is 13.1 Å². The fourth-order valence-electron chi connectivity index (χ4n) is 3.20. The molecule has 1 aliphatic rings. The molecule has 0 amide bonds. The molecule has 1 aromatic carbocycles. The summed E-state index contributed by atoms with van der Waals surface area (Å²) < 4.78 is 5.99. The minimum absolute atomic E-state index is 0.505. The lowest BCUT2D eigenvalue weighted by Gasteiger charge is -2.18. The fraction of sp³-hybridized carbons (Fsp3) is 0.467.